The summed E-state index contributed by atoms with van der Waals surface area (Å²) in [5, 5.41) is 9.45. The fraction of sp³-hybridized carbons (Fsp3) is 0.722. The maximum absolute atomic E-state index is 6.26. The zero-order chi connectivity index (χ0) is 17.9. The van der Waals surface area contributed by atoms with Crippen LogP contribution < -0.4 is 5.32 Å². The van der Waals surface area contributed by atoms with Gasteiger partial charge in [-0.15, -0.1) is 11.6 Å². The molecule has 0 bridgehead atoms. The van der Waals surface area contributed by atoms with Crippen molar-refractivity contribution in [1.82, 2.24) is 24.6 Å². The molecule has 1 saturated carbocycles. The highest BCUT2D eigenvalue weighted by Gasteiger charge is 2.24. The van der Waals surface area contributed by atoms with Crippen molar-refractivity contribution >= 4 is 28.5 Å². The van der Waals surface area contributed by atoms with Gasteiger partial charge in [0.2, 0.25) is 0 Å². The molecule has 0 aromatic carbocycles. The summed E-state index contributed by atoms with van der Waals surface area (Å²) >= 11 is 6.26. The standard InChI is InChI=1S/C18H27ClN6O/c1-13-22-17(20-6-7-24-8-10-26-11-9-24)16-12-21-25(18(16)23-13)15-4-2-14(19)3-5-15/h12,14-15H,2-11H2,1H3,(H,20,22,23). The van der Waals surface area contributed by atoms with Crippen LogP contribution in [0.4, 0.5) is 5.82 Å². The van der Waals surface area contributed by atoms with Crippen LogP contribution in [-0.2, 0) is 4.74 Å². The molecular weight excluding hydrogens is 352 g/mol. The minimum atomic E-state index is 0.307. The summed E-state index contributed by atoms with van der Waals surface area (Å²) in [7, 11) is 0. The normalized spacial score (nSPS) is 24.8. The van der Waals surface area contributed by atoms with E-state index in [1.54, 1.807) is 0 Å². The number of aryl methyl sites for hydroxylation is 1. The number of ether oxygens (including phenoxy) is 1. The zero-order valence-corrected chi connectivity index (χ0v) is 16.1. The van der Waals surface area contributed by atoms with Crippen LogP contribution in [0, 0.1) is 6.92 Å². The summed E-state index contributed by atoms with van der Waals surface area (Å²) in [5.41, 5.74) is 0.935. The third kappa shape index (κ3) is 3.94. The van der Waals surface area contributed by atoms with E-state index in [1.807, 2.05) is 13.1 Å². The van der Waals surface area contributed by atoms with Crippen molar-refractivity contribution in [3.8, 4) is 0 Å². The van der Waals surface area contributed by atoms with Crippen molar-refractivity contribution < 1.29 is 4.74 Å². The Morgan fingerprint density at radius 1 is 1.19 bits per heavy atom. The van der Waals surface area contributed by atoms with Gasteiger partial charge in [-0.05, 0) is 32.6 Å². The van der Waals surface area contributed by atoms with Crippen LogP contribution in [-0.4, -0.2) is 69.4 Å². The number of nitrogens with one attached hydrogen (secondary N) is 1. The van der Waals surface area contributed by atoms with Crippen molar-refractivity contribution in [2.24, 2.45) is 0 Å². The van der Waals surface area contributed by atoms with Crippen LogP contribution >= 0.6 is 11.6 Å². The van der Waals surface area contributed by atoms with E-state index in [-0.39, 0.29) is 0 Å². The number of anilines is 1. The molecule has 26 heavy (non-hydrogen) atoms. The summed E-state index contributed by atoms with van der Waals surface area (Å²) < 4.78 is 7.49. The molecule has 3 heterocycles. The fourth-order valence-corrected chi connectivity index (χ4v) is 4.13. The number of hydrogen-bond acceptors (Lipinski definition) is 6. The second-order valence-electron chi connectivity index (χ2n) is 7.23. The van der Waals surface area contributed by atoms with Crippen LogP contribution in [0.25, 0.3) is 11.0 Å². The molecule has 4 rings (SSSR count). The lowest BCUT2D eigenvalue weighted by Crippen LogP contribution is -2.39. The first-order valence-corrected chi connectivity index (χ1v) is 10.0. The Hall–Kier alpha value is -1.44. The van der Waals surface area contributed by atoms with Gasteiger partial charge in [-0.2, -0.15) is 5.10 Å². The van der Waals surface area contributed by atoms with Crippen LogP contribution in [0.3, 0.4) is 0 Å². The highest BCUT2D eigenvalue weighted by atomic mass is 35.5. The zero-order valence-electron chi connectivity index (χ0n) is 15.3. The highest BCUT2D eigenvalue weighted by Crippen LogP contribution is 2.33. The van der Waals surface area contributed by atoms with Crippen molar-refractivity contribution in [1.29, 1.82) is 0 Å². The van der Waals surface area contributed by atoms with Crippen molar-refractivity contribution in [3.05, 3.63) is 12.0 Å². The fourth-order valence-electron chi connectivity index (χ4n) is 3.87. The van der Waals surface area contributed by atoms with Gasteiger partial charge in [-0.1, -0.05) is 0 Å². The van der Waals surface area contributed by atoms with E-state index in [1.165, 1.54) is 0 Å². The second-order valence-corrected chi connectivity index (χ2v) is 7.85. The Balaban J connectivity index is 1.48. The molecule has 142 valence electrons. The van der Waals surface area contributed by atoms with Gasteiger partial charge in [-0.3, -0.25) is 4.90 Å². The lowest BCUT2D eigenvalue weighted by atomic mass is 9.95. The topological polar surface area (TPSA) is 68.1 Å². The number of halogens is 1. The van der Waals surface area contributed by atoms with E-state index in [9.17, 15) is 0 Å². The number of hydrogen-bond donors (Lipinski definition) is 1. The Morgan fingerprint density at radius 2 is 1.96 bits per heavy atom. The largest absolute Gasteiger partial charge is 0.379 e. The van der Waals surface area contributed by atoms with Gasteiger partial charge in [0.05, 0.1) is 30.8 Å². The monoisotopic (exact) mass is 378 g/mol. The predicted molar refractivity (Wildman–Crippen MR) is 103 cm³/mol. The Bertz CT molecular complexity index is 737. The Morgan fingerprint density at radius 3 is 2.73 bits per heavy atom. The quantitative estimate of drug-likeness (QED) is 0.806. The molecule has 0 unspecified atom stereocenters. The third-order valence-electron chi connectivity index (χ3n) is 5.36. The van der Waals surface area contributed by atoms with E-state index in [4.69, 9.17) is 16.3 Å². The van der Waals surface area contributed by atoms with Crippen LogP contribution in [0.1, 0.15) is 37.5 Å². The number of alkyl halides is 1. The number of fused-ring (bicyclic) bond motifs is 1. The smallest absolute Gasteiger partial charge is 0.163 e. The van der Waals surface area contributed by atoms with E-state index < -0.39 is 0 Å². The summed E-state index contributed by atoms with van der Waals surface area (Å²) in [6.45, 7) is 7.44. The van der Waals surface area contributed by atoms with E-state index in [0.717, 1.165) is 87.8 Å². The molecule has 8 heteroatoms. The predicted octanol–water partition coefficient (Wildman–Crippen LogP) is 2.60. The molecule has 2 aromatic rings. The molecule has 0 amide bonds. The maximum Gasteiger partial charge on any atom is 0.163 e. The van der Waals surface area contributed by atoms with Crippen molar-refractivity contribution in [2.45, 2.75) is 44.0 Å². The van der Waals surface area contributed by atoms with E-state index >= 15 is 0 Å². The van der Waals surface area contributed by atoms with Gasteiger partial charge in [0.25, 0.3) is 0 Å². The van der Waals surface area contributed by atoms with Gasteiger partial charge in [-0.25, -0.2) is 14.6 Å². The van der Waals surface area contributed by atoms with Gasteiger partial charge in [0.15, 0.2) is 5.65 Å². The Labute approximate surface area is 159 Å². The molecule has 2 aliphatic rings. The molecule has 0 spiro atoms. The molecule has 1 aliphatic heterocycles. The Kier molecular flexibility index (Phi) is 5.57. The average Bonchev–Trinajstić information content (AvgIpc) is 3.07. The molecule has 0 atom stereocenters. The van der Waals surface area contributed by atoms with Crippen molar-refractivity contribution in [2.75, 3.05) is 44.7 Å². The molecular formula is C18H27ClN6O. The molecule has 2 fully saturated rings. The minimum absolute atomic E-state index is 0.307. The van der Waals surface area contributed by atoms with Crippen LogP contribution in [0.15, 0.2) is 6.20 Å². The first kappa shape index (κ1) is 17.9. The first-order valence-electron chi connectivity index (χ1n) is 9.60. The average molecular weight is 379 g/mol. The number of nitrogens with zero attached hydrogens (tertiary/aromatic N) is 5. The summed E-state index contributed by atoms with van der Waals surface area (Å²) in [6, 6.07) is 0.387. The second kappa shape index (κ2) is 8.06. The molecule has 0 radical (unpaired) electrons. The summed E-state index contributed by atoms with van der Waals surface area (Å²) in [5.74, 6) is 1.66. The van der Waals surface area contributed by atoms with Crippen molar-refractivity contribution in [3.63, 3.8) is 0 Å². The number of morpholine rings is 1. The number of aromatic nitrogens is 4. The van der Waals surface area contributed by atoms with Gasteiger partial charge < -0.3 is 10.1 Å². The van der Waals surface area contributed by atoms with Crippen LogP contribution in [0.5, 0.6) is 0 Å². The minimum Gasteiger partial charge on any atom is -0.379 e. The third-order valence-corrected chi connectivity index (χ3v) is 5.80. The summed E-state index contributed by atoms with van der Waals surface area (Å²) in [4.78, 5) is 11.7. The summed E-state index contributed by atoms with van der Waals surface area (Å²) in [6.07, 6.45) is 6.12. The first-order chi connectivity index (χ1) is 12.7. The van der Waals surface area contributed by atoms with Crippen LogP contribution in [0.2, 0.25) is 0 Å². The maximum atomic E-state index is 6.26. The molecule has 7 nitrogen and oxygen atoms in total. The molecule has 2 aromatic heterocycles. The lowest BCUT2D eigenvalue weighted by molar-refractivity contribution is 0.0398. The lowest BCUT2D eigenvalue weighted by Gasteiger charge is -2.26. The molecule has 1 N–H and O–H groups in total. The number of rotatable bonds is 5. The van der Waals surface area contributed by atoms with Gasteiger partial charge >= 0.3 is 0 Å². The van der Waals surface area contributed by atoms with Gasteiger partial charge in [0.1, 0.15) is 11.6 Å². The molecule has 1 saturated heterocycles. The van der Waals surface area contributed by atoms with Gasteiger partial charge in [0, 0.05) is 31.6 Å². The SMILES string of the molecule is Cc1nc(NCCN2CCOCC2)c2cnn(C3CCC(Cl)CC3)c2n1. The molecule has 1 aliphatic carbocycles. The van der Waals surface area contributed by atoms with E-state index in [2.05, 4.69) is 30.0 Å². The highest BCUT2D eigenvalue weighted by molar-refractivity contribution is 6.20. The van der Waals surface area contributed by atoms with E-state index in [0.29, 0.717) is 11.4 Å².